The molecule has 1 amide bonds. The van der Waals surface area contributed by atoms with Crippen LogP contribution in [0.25, 0.3) is 11.0 Å². The SMILES string of the molecule is CCCSc1ccc2c(c1)nc(C(Cc1ccccc1)NC(=O)c1cnccn1)n2Cc1cccc(Cl)c1. The molecule has 0 saturated carbocycles. The topological polar surface area (TPSA) is 72.7 Å². The molecular weight excluding hydrogens is 514 g/mol. The number of halogens is 1. The van der Waals surface area contributed by atoms with E-state index in [0.29, 0.717) is 18.0 Å². The van der Waals surface area contributed by atoms with Crippen LogP contribution in [0.3, 0.4) is 0 Å². The van der Waals surface area contributed by atoms with Crippen molar-refractivity contribution in [2.45, 2.75) is 37.2 Å². The first-order valence-electron chi connectivity index (χ1n) is 12.6. The fourth-order valence-electron chi connectivity index (χ4n) is 4.39. The maximum atomic E-state index is 13.2. The number of hydrogen-bond donors (Lipinski definition) is 1. The van der Waals surface area contributed by atoms with Gasteiger partial charge in [-0.05, 0) is 60.1 Å². The Morgan fingerprint density at radius 2 is 1.87 bits per heavy atom. The molecule has 0 aliphatic carbocycles. The minimum atomic E-state index is -0.398. The molecule has 0 aliphatic heterocycles. The summed E-state index contributed by atoms with van der Waals surface area (Å²) in [7, 11) is 0. The summed E-state index contributed by atoms with van der Waals surface area (Å²) in [6.07, 6.45) is 6.22. The highest BCUT2D eigenvalue weighted by molar-refractivity contribution is 7.99. The van der Waals surface area contributed by atoms with E-state index in [-0.39, 0.29) is 11.6 Å². The van der Waals surface area contributed by atoms with Crippen LogP contribution in [0, 0.1) is 0 Å². The lowest BCUT2D eigenvalue weighted by Crippen LogP contribution is -2.32. The number of carbonyl (C=O) groups is 1. The van der Waals surface area contributed by atoms with Crippen LogP contribution in [0.5, 0.6) is 0 Å². The highest BCUT2D eigenvalue weighted by Gasteiger charge is 2.24. The average Bonchev–Trinajstić information content (AvgIpc) is 3.30. The molecule has 5 aromatic rings. The Bertz CT molecular complexity index is 1520. The molecule has 0 bridgehead atoms. The van der Waals surface area contributed by atoms with Crippen molar-refractivity contribution in [2.24, 2.45) is 0 Å². The van der Waals surface area contributed by atoms with Gasteiger partial charge in [-0.25, -0.2) is 9.97 Å². The third kappa shape index (κ3) is 6.23. The van der Waals surface area contributed by atoms with E-state index >= 15 is 0 Å². The largest absolute Gasteiger partial charge is 0.340 e. The fourth-order valence-corrected chi connectivity index (χ4v) is 5.41. The van der Waals surface area contributed by atoms with Gasteiger partial charge < -0.3 is 9.88 Å². The van der Waals surface area contributed by atoms with Gasteiger partial charge in [-0.15, -0.1) is 11.8 Å². The Balaban J connectivity index is 1.60. The van der Waals surface area contributed by atoms with E-state index in [1.54, 1.807) is 6.20 Å². The Labute approximate surface area is 231 Å². The number of nitrogens with one attached hydrogen (secondary N) is 1. The van der Waals surface area contributed by atoms with E-state index in [0.717, 1.165) is 40.2 Å². The van der Waals surface area contributed by atoms with Crippen LogP contribution < -0.4 is 5.32 Å². The molecule has 2 heterocycles. The summed E-state index contributed by atoms with van der Waals surface area (Å²) in [6, 6.07) is 24.0. The lowest BCUT2D eigenvalue weighted by Gasteiger charge is -2.20. The monoisotopic (exact) mass is 541 g/mol. The Morgan fingerprint density at radius 3 is 2.63 bits per heavy atom. The van der Waals surface area contributed by atoms with Gasteiger partial charge >= 0.3 is 0 Å². The summed E-state index contributed by atoms with van der Waals surface area (Å²) in [6.45, 7) is 2.75. The predicted octanol–water partition coefficient (Wildman–Crippen LogP) is 6.74. The average molecular weight is 542 g/mol. The predicted molar refractivity (Wildman–Crippen MR) is 154 cm³/mol. The van der Waals surface area contributed by atoms with E-state index in [2.05, 4.69) is 63.2 Å². The molecule has 1 atom stereocenters. The van der Waals surface area contributed by atoms with E-state index in [1.165, 1.54) is 17.3 Å². The van der Waals surface area contributed by atoms with Crippen molar-refractivity contribution >= 4 is 40.3 Å². The maximum Gasteiger partial charge on any atom is 0.272 e. The molecule has 0 radical (unpaired) electrons. The molecular formula is C30H28ClN5OS. The van der Waals surface area contributed by atoms with Gasteiger partial charge in [0.2, 0.25) is 0 Å². The number of amides is 1. The van der Waals surface area contributed by atoms with E-state index in [4.69, 9.17) is 16.6 Å². The first-order chi connectivity index (χ1) is 18.6. The maximum absolute atomic E-state index is 13.2. The number of carbonyl (C=O) groups excluding carboxylic acids is 1. The molecule has 192 valence electrons. The molecule has 0 fully saturated rings. The second-order valence-corrected chi connectivity index (χ2v) is 10.6. The molecule has 6 nitrogen and oxygen atoms in total. The van der Waals surface area contributed by atoms with Crippen LogP contribution in [0.15, 0.2) is 96.3 Å². The van der Waals surface area contributed by atoms with Gasteiger partial charge in [0, 0.05) is 28.9 Å². The zero-order valence-corrected chi connectivity index (χ0v) is 22.6. The third-order valence-electron chi connectivity index (χ3n) is 6.15. The number of rotatable bonds is 10. The molecule has 1 unspecified atom stereocenters. The van der Waals surface area contributed by atoms with Gasteiger partial charge in [0.15, 0.2) is 0 Å². The minimum Gasteiger partial charge on any atom is -0.340 e. The quantitative estimate of drug-likeness (QED) is 0.198. The highest BCUT2D eigenvalue weighted by atomic mass is 35.5. The third-order valence-corrected chi connectivity index (χ3v) is 7.58. The lowest BCUT2D eigenvalue weighted by atomic mass is 10.0. The smallest absolute Gasteiger partial charge is 0.272 e. The number of imidazole rings is 1. The van der Waals surface area contributed by atoms with Gasteiger partial charge in [-0.1, -0.05) is 61.0 Å². The number of benzene rings is 3. The number of hydrogen-bond acceptors (Lipinski definition) is 5. The summed E-state index contributed by atoms with van der Waals surface area (Å²) in [5.74, 6) is 1.53. The van der Waals surface area contributed by atoms with Gasteiger partial charge in [-0.3, -0.25) is 9.78 Å². The highest BCUT2D eigenvalue weighted by Crippen LogP contribution is 2.29. The van der Waals surface area contributed by atoms with E-state index in [9.17, 15) is 4.79 Å². The van der Waals surface area contributed by atoms with Crippen molar-refractivity contribution in [3.8, 4) is 0 Å². The van der Waals surface area contributed by atoms with Crippen LogP contribution >= 0.6 is 23.4 Å². The van der Waals surface area contributed by atoms with Crippen molar-refractivity contribution in [1.82, 2.24) is 24.8 Å². The van der Waals surface area contributed by atoms with Crippen LogP contribution in [0.2, 0.25) is 5.02 Å². The van der Waals surface area contributed by atoms with Crippen LogP contribution in [-0.4, -0.2) is 31.2 Å². The number of aromatic nitrogens is 4. The van der Waals surface area contributed by atoms with Gasteiger partial charge in [0.05, 0.1) is 23.3 Å². The molecule has 5 rings (SSSR count). The molecule has 3 aromatic carbocycles. The van der Waals surface area contributed by atoms with Crippen molar-refractivity contribution in [3.05, 3.63) is 119 Å². The molecule has 0 spiro atoms. The second-order valence-electron chi connectivity index (χ2n) is 8.99. The second kappa shape index (κ2) is 12.2. The van der Waals surface area contributed by atoms with Crippen molar-refractivity contribution in [2.75, 3.05) is 5.75 Å². The van der Waals surface area contributed by atoms with Crippen molar-refractivity contribution in [3.63, 3.8) is 0 Å². The molecule has 1 N–H and O–H groups in total. The normalized spacial score (nSPS) is 11.9. The van der Waals surface area contributed by atoms with E-state index in [1.807, 2.05) is 48.2 Å². The number of thioether (sulfide) groups is 1. The van der Waals surface area contributed by atoms with Crippen LogP contribution in [0.4, 0.5) is 0 Å². The summed E-state index contributed by atoms with van der Waals surface area (Å²) in [4.78, 5) is 27.8. The lowest BCUT2D eigenvalue weighted by molar-refractivity contribution is 0.0928. The molecule has 2 aromatic heterocycles. The van der Waals surface area contributed by atoms with Crippen molar-refractivity contribution < 1.29 is 4.79 Å². The summed E-state index contributed by atoms with van der Waals surface area (Å²) in [5.41, 5.74) is 4.32. The van der Waals surface area contributed by atoms with Crippen LogP contribution in [0.1, 0.15) is 46.8 Å². The van der Waals surface area contributed by atoms with Gasteiger partial charge in [0.1, 0.15) is 11.5 Å². The summed E-state index contributed by atoms with van der Waals surface area (Å²) in [5, 5.41) is 3.87. The minimum absolute atomic E-state index is 0.265. The standard InChI is InChI=1S/C30H28ClN5OS/c1-2-15-38-24-11-12-28-25(18-24)34-29(36(28)20-22-9-6-10-23(31)16-22)26(17-21-7-4-3-5-8-21)35-30(37)27-19-32-13-14-33-27/h3-14,16,18-19,26H,2,15,17,20H2,1H3,(H,35,37). The first kappa shape index (κ1) is 25.9. The first-order valence-corrected chi connectivity index (χ1v) is 14.0. The Kier molecular flexibility index (Phi) is 8.36. The van der Waals surface area contributed by atoms with Crippen LogP contribution in [-0.2, 0) is 13.0 Å². The van der Waals surface area contributed by atoms with E-state index < -0.39 is 6.04 Å². The summed E-state index contributed by atoms with van der Waals surface area (Å²) >= 11 is 8.14. The molecule has 8 heteroatoms. The molecule has 38 heavy (non-hydrogen) atoms. The van der Waals surface area contributed by atoms with Crippen molar-refractivity contribution in [1.29, 1.82) is 0 Å². The number of fused-ring (bicyclic) bond motifs is 1. The Morgan fingerprint density at radius 1 is 1.03 bits per heavy atom. The Hall–Kier alpha value is -3.68. The van der Waals surface area contributed by atoms with Gasteiger partial charge in [0.25, 0.3) is 5.91 Å². The molecule has 0 saturated heterocycles. The van der Waals surface area contributed by atoms with Gasteiger partial charge in [-0.2, -0.15) is 0 Å². The number of nitrogens with zero attached hydrogens (tertiary/aromatic N) is 4. The zero-order chi connectivity index (χ0) is 26.3. The summed E-state index contributed by atoms with van der Waals surface area (Å²) < 4.78 is 2.18. The zero-order valence-electron chi connectivity index (χ0n) is 21.0. The molecule has 0 aliphatic rings. The fraction of sp³-hybridized carbons (Fsp3) is 0.200.